The summed E-state index contributed by atoms with van der Waals surface area (Å²) in [6.45, 7) is 6.29. The quantitative estimate of drug-likeness (QED) is 0.188. The number of aryl methyl sites for hydroxylation is 1. The Kier molecular flexibility index (Phi) is 13.1. The van der Waals surface area contributed by atoms with Crippen LogP contribution in [0.4, 0.5) is 0 Å². The minimum Gasteiger partial charge on any atom is -0.423 e. The average molecular weight is 391 g/mol. The first-order chi connectivity index (χ1) is 13.6. The van der Waals surface area contributed by atoms with Crippen molar-refractivity contribution in [3.8, 4) is 11.5 Å². The molecule has 0 fully saturated rings. The monoisotopic (exact) mass is 390 g/mol. The van der Waals surface area contributed by atoms with Crippen LogP contribution in [-0.4, -0.2) is 11.9 Å². The van der Waals surface area contributed by atoms with Crippen molar-refractivity contribution >= 4 is 11.9 Å². The lowest BCUT2D eigenvalue weighted by molar-refractivity contribution is -0.137. The highest BCUT2D eigenvalue weighted by molar-refractivity contribution is 5.76. The van der Waals surface area contributed by atoms with Crippen LogP contribution in [-0.2, 0) is 16.0 Å². The van der Waals surface area contributed by atoms with E-state index >= 15 is 0 Å². The van der Waals surface area contributed by atoms with Gasteiger partial charge in [-0.05, 0) is 37.3 Å². The molecule has 0 amide bonds. The van der Waals surface area contributed by atoms with Gasteiger partial charge < -0.3 is 9.47 Å². The SMILES string of the molecule is CCCCCCCCc1cccc(OC(=O)CCCC)c1OC(=O)CCCC. The van der Waals surface area contributed by atoms with Gasteiger partial charge in [-0.25, -0.2) is 0 Å². The van der Waals surface area contributed by atoms with Gasteiger partial charge in [0.25, 0.3) is 0 Å². The highest BCUT2D eigenvalue weighted by Gasteiger charge is 2.17. The van der Waals surface area contributed by atoms with Crippen molar-refractivity contribution in [2.24, 2.45) is 0 Å². The Morgan fingerprint density at radius 3 is 1.93 bits per heavy atom. The standard InChI is InChI=1S/C24H38O4/c1-4-7-10-11-12-13-15-20-16-14-17-21(27-22(25)18-8-5-2)24(20)28-23(26)19-9-6-3/h14,16-17H,4-13,15,18-19H2,1-3H3. The van der Waals surface area contributed by atoms with Gasteiger partial charge >= 0.3 is 11.9 Å². The summed E-state index contributed by atoms with van der Waals surface area (Å²) in [5.74, 6) is 0.268. The molecular weight excluding hydrogens is 352 g/mol. The molecule has 158 valence electrons. The van der Waals surface area contributed by atoms with Crippen molar-refractivity contribution in [1.82, 2.24) is 0 Å². The lowest BCUT2D eigenvalue weighted by Crippen LogP contribution is -2.13. The smallest absolute Gasteiger partial charge is 0.311 e. The lowest BCUT2D eigenvalue weighted by atomic mass is 10.0. The van der Waals surface area contributed by atoms with Crippen LogP contribution in [0, 0.1) is 0 Å². The third-order valence-electron chi connectivity index (χ3n) is 4.77. The van der Waals surface area contributed by atoms with Crippen LogP contribution in [0.3, 0.4) is 0 Å². The Labute approximate surface area is 171 Å². The molecule has 1 aromatic rings. The van der Waals surface area contributed by atoms with Crippen LogP contribution >= 0.6 is 0 Å². The number of carbonyl (C=O) groups is 2. The molecule has 0 unspecified atom stereocenters. The van der Waals surface area contributed by atoms with Gasteiger partial charge in [0.2, 0.25) is 0 Å². The van der Waals surface area contributed by atoms with Crippen molar-refractivity contribution in [3.63, 3.8) is 0 Å². The Bertz CT molecular complexity index is 580. The molecule has 0 radical (unpaired) electrons. The molecule has 1 rings (SSSR count). The fraction of sp³-hybridized carbons (Fsp3) is 0.667. The van der Waals surface area contributed by atoms with Gasteiger partial charge in [-0.1, -0.05) is 77.8 Å². The number of rotatable bonds is 15. The van der Waals surface area contributed by atoms with E-state index in [9.17, 15) is 9.59 Å². The van der Waals surface area contributed by atoms with E-state index in [4.69, 9.17) is 9.47 Å². The highest BCUT2D eigenvalue weighted by atomic mass is 16.6. The number of benzene rings is 1. The van der Waals surface area contributed by atoms with Gasteiger partial charge in [-0.3, -0.25) is 9.59 Å². The molecule has 4 heteroatoms. The summed E-state index contributed by atoms with van der Waals surface area (Å²) in [6, 6.07) is 5.56. The van der Waals surface area contributed by atoms with Crippen molar-refractivity contribution in [2.75, 3.05) is 0 Å². The first-order valence-electron chi connectivity index (χ1n) is 11.2. The Morgan fingerprint density at radius 2 is 1.29 bits per heavy atom. The molecule has 0 aliphatic rings. The second-order valence-corrected chi connectivity index (χ2v) is 7.42. The number of para-hydroxylation sites is 1. The number of ether oxygens (including phenoxy) is 2. The van der Waals surface area contributed by atoms with Crippen LogP contribution in [0.15, 0.2) is 18.2 Å². The molecule has 0 saturated carbocycles. The topological polar surface area (TPSA) is 52.6 Å². The van der Waals surface area contributed by atoms with Crippen molar-refractivity contribution in [1.29, 1.82) is 0 Å². The summed E-state index contributed by atoms with van der Waals surface area (Å²) < 4.78 is 11.2. The maximum atomic E-state index is 12.2. The molecule has 0 N–H and O–H groups in total. The van der Waals surface area contributed by atoms with Gasteiger partial charge in [0.05, 0.1) is 0 Å². The predicted molar refractivity (Wildman–Crippen MR) is 114 cm³/mol. The normalized spacial score (nSPS) is 10.7. The molecule has 0 saturated heterocycles. The molecule has 0 atom stereocenters. The largest absolute Gasteiger partial charge is 0.423 e. The van der Waals surface area contributed by atoms with E-state index in [0.29, 0.717) is 24.3 Å². The van der Waals surface area contributed by atoms with E-state index < -0.39 is 0 Å². The van der Waals surface area contributed by atoms with E-state index in [2.05, 4.69) is 6.92 Å². The number of hydrogen-bond donors (Lipinski definition) is 0. The third-order valence-corrected chi connectivity index (χ3v) is 4.77. The van der Waals surface area contributed by atoms with Crippen molar-refractivity contribution < 1.29 is 19.1 Å². The maximum absolute atomic E-state index is 12.2. The minimum atomic E-state index is -0.274. The second kappa shape index (κ2) is 15.1. The van der Waals surface area contributed by atoms with E-state index in [1.54, 1.807) is 6.07 Å². The van der Waals surface area contributed by atoms with Gasteiger partial charge in [0.15, 0.2) is 11.5 Å². The Morgan fingerprint density at radius 1 is 0.714 bits per heavy atom. The molecule has 0 aromatic heterocycles. The highest BCUT2D eigenvalue weighted by Crippen LogP contribution is 2.33. The fourth-order valence-electron chi connectivity index (χ4n) is 3.03. The number of hydrogen-bond acceptors (Lipinski definition) is 4. The van der Waals surface area contributed by atoms with E-state index in [1.807, 2.05) is 26.0 Å². The summed E-state index contributed by atoms with van der Waals surface area (Å²) in [7, 11) is 0. The summed E-state index contributed by atoms with van der Waals surface area (Å²) >= 11 is 0. The van der Waals surface area contributed by atoms with E-state index in [1.165, 1.54) is 25.7 Å². The first-order valence-corrected chi connectivity index (χ1v) is 11.2. The molecule has 1 aromatic carbocycles. The maximum Gasteiger partial charge on any atom is 0.311 e. The number of esters is 2. The number of unbranched alkanes of at least 4 members (excludes halogenated alkanes) is 7. The predicted octanol–water partition coefficient (Wildman–Crippen LogP) is 6.78. The fourth-order valence-corrected chi connectivity index (χ4v) is 3.03. The van der Waals surface area contributed by atoms with Crippen LogP contribution in [0.5, 0.6) is 11.5 Å². The van der Waals surface area contributed by atoms with Crippen molar-refractivity contribution in [3.05, 3.63) is 23.8 Å². The summed E-state index contributed by atoms with van der Waals surface area (Å²) in [5.41, 5.74) is 0.945. The lowest BCUT2D eigenvalue weighted by Gasteiger charge is -2.15. The van der Waals surface area contributed by atoms with Gasteiger partial charge in [-0.15, -0.1) is 0 Å². The van der Waals surface area contributed by atoms with E-state index in [-0.39, 0.29) is 11.9 Å². The molecule has 4 nitrogen and oxygen atoms in total. The molecular formula is C24H38O4. The third kappa shape index (κ3) is 9.91. The number of carbonyl (C=O) groups excluding carboxylic acids is 2. The Balaban J connectivity index is 2.82. The molecule has 0 spiro atoms. The molecule has 0 aliphatic heterocycles. The zero-order valence-electron chi connectivity index (χ0n) is 18.1. The Hall–Kier alpha value is -1.84. The average Bonchev–Trinajstić information content (AvgIpc) is 2.69. The van der Waals surface area contributed by atoms with Crippen LogP contribution < -0.4 is 9.47 Å². The van der Waals surface area contributed by atoms with Crippen LogP contribution in [0.25, 0.3) is 0 Å². The molecule has 0 heterocycles. The summed E-state index contributed by atoms with van der Waals surface area (Å²) in [6.07, 6.45) is 12.3. The summed E-state index contributed by atoms with van der Waals surface area (Å²) in [5, 5.41) is 0. The minimum absolute atomic E-state index is 0.261. The van der Waals surface area contributed by atoms with Gasteiger partial charge in [0.1, 0.15) is 0 Å². The van der Waals surface area contributed by atoms with Gasteiger partial charge in [-0.2, -0.15) is 0 Å². The second-order valence-electron chi connectivity index (χ2n) is 7.42. The first kappa shape index (κ1) is 24.2. The molecule has 28 heavy (non-hydrogen) atoms. The van der Waals surface area contributed by atoms with Gasteiger partial charge in [0, 0.05) is 12.8 Å². The van der Waals surface area contributed by atoms with Crippen molar-refractivity contribution in [2.45, 2.75) is 104 Å². The zero-order valence-corrected chi connectivity index (χ0v) is 18.1. The zero-order chi connectivity index (χ0) is 20.6. The molecule has 0 aliphatic carbocycles. The van der Waals surface area contributed by atoms with E-state index in [0.717, 1.165) is 50.5 Å². The van der Waals surface area contributed by atoms with Crippen LogP contribution in [0.1, 0.15) is 103 Å². The molecule has 0 bridgehead atoms. The summed E-state index contributed by atoms with van der Waals surface area (Å²) in [4.78, 5) is 24.3. The van der Waals surface area contributed by atoms with Crippen LogP contribution in [0.2, 0.25) is 0 Å².